The van der Waals surface area contributed by atoms with Gasteiger partial charge in [0.15, 0.2) is 0 Å². The first-order valence-corrected chi connectivity index (χ1v) is 7.55. The molecule has 5 heteroatoms. The summed E-state index contributed by atoms with van der Waals surface area (Å²) in [5.74, 6) is -0.169. The van der Waals surface area contributed by atoms with Gasteiger partial charge in [-0.25, -0.2) is 0 Å². The maximum absolute atomic E-state index is 11.8. The van der Waals surface area contributed by atoms with Crippen LogP contribution in [0.25, 0.3) is 0 Å². The van der Waals surface area contributed by atoms with Crippen molar-refractivity contribution in [2.75, 3.05) is 39.8 Å². The summed E-state index contributed by atoms with van der Waals surface area (Å²) in [6.45, 7) is 15.7. The van der Waals surface area contributed by atoms with E-state index in [2.05, 4.69) is 35.9 Å². The number of hydrogen-bond donors (Lipinski definition) is 1. The fourth-order valence-electron chi connectivity index (χ4n) is 2.60. The molecule has 1 fully saturated rings. The summed E-state index contributed by atoms with van der Waals surface area (Å²) in [5.41, 5.74) is 0.226. The Bertz CT molecular complexity index is 305. The van der Waals surface area contributed by atoms with Crippen molar-refractivity contribution in [2.45, 2.75) is 52.2 Å². The Morgan fingerprint density at radius 1 is 1.20 bits per heavy atom. The third-order valence-corrected chi connectivity index (χ3v) is 3.78. The lowest BCUT2D eigenvalue weighted by molar-refractivity contribution is -0.144. The van der Waals surface area contributed by atoms with Crippen LogP contribution >= 0.6 is 0 Å². The lowest BCUT2D eigenvalue weighted by atomic mass is 10.0. The molecule has 0 aromatic heterocycles. The summed E-state index contributed by atoms with van der Waals surface area (Å²) >= 11 is 0. The van der Waals surface area contributed by atoms with Crippen LogP contribution in [0.5, 0.6) is 0 Å². The van der Waals surface area contributed by atoms with Crippen molar-refractivity contribution in [3.05, 3.63) is 0 Å². The van der Waals surface area contributed by atoms with Crippen LogP contribution in [-0.2, 0) is 9.53 Å². The van der Waals surface area contributed by atoms with Crippen LogP contribution in [0.4, 0.5) is 0 Å². The topological polar surface area (TPSA) is 44.8 Å². The molecule has 0 aromatic carbocycles. The Hall–Kier alpha value is -0.650. The van der Waals surface area contributed by atoms with Crippen LogP contribution in [0.2, 0.25) is 0 Å². The first kappa shape index (κ1) is 17.4. The Labute approximate surface area is 123 Å². The molecule has 5 nitrogen and oxygen atoms in total. The largest absolute Gasteiger partial charge is 0.468 e. The fourth-order valence-corrected chi connectivity index (χ4v) is 2.60. The van der Waals surface area contributed by atoms with Crippen molar-refractivity contribution in [1.29, 1.82) is 0 Å². The Balaban J connectivity index is 2.49. The molecule has 1 rings (SSSR count). The van der Waals surface area contributed by atoms with E-state index in [9.17, 15) is 4.79 Å². The number of ether oxygens (including phenoxy) is 1. The van der Waals surface area contributed by atoms with Crippen molar-refractivity contribution in [2.24, 2.45) is 0 Å². The van der Waals surface area contributed by atoms with E-state index in [1.165, 1.54) is 7.11 Å². The summed E-state index contributed by atoms with van der Waals surface area (Å²) in [6, 6.07) is 0.0381. The second-order valence-corrected chi connectivity index (χ2v) is 6.86. The molecule has 1 N–H and O–H groups in total. The SMILES string of the molecule is COC(=O)C(CN1CCN(C(C)(C)C)CC1)NC(C)C. The zero-order chi connectivity index (χ0) is 15.3. The highest BCUT2D eigenvalue weighted by atomic mass is 16.5. The van der Waals surface area contributed by atoms with Crippen LogP contribution in [0.1, 0.15) is 34.6 Å². The van der Waals surface area contributed by atoms with E-state index in [0.29, 0.717) is 0 Å². The van der Waals surface area contributed by atoms with Gasteiger partial charge in [-0.1, -0.05) is 13.8 Å². The quantitative estimate of drug-likeness (QED) is 0.762. The zero-order valence-electron chi connectivity index (χ0n) is 13.9. The molecular weight excluding hydrogens is 254 g/mol. The van der Waals surface area contributed by atoms with E-state index >= 15 is 0 Å². The average Bonchev–Trinajstić information content (AvgIpc) is 2.36. The average molecular weight is 285 g/mol. The summed E-state index contributed by atoms with van der Waals surface area (Å²) in [7, 11) is 1.45. The lowest BCUT2D eigenvalue weighted by Gasteiger charge is -2.42. The fraction of sp³-hybridized carbons (Fsp3) is 0.933. The second kappa shape index (κ2) is 7.38. The highest BCUT2D eigenvalue weighted by molar-refractivity contribution is 5.76. The van der Waals surface area contributed by atoms with E-state index in [1.807, 2.05) is 13.8 Å². The summed E-state index contributed by atoms with van der Waals surface area (Å²) in [6.07, 6.45) is 0. The number of carbonyl (C=O) groups excluding carboxylic acids is 1. The van der Waals surface area contributed by atoms with Crippen molar-refractivity contribution in [1.82, 2.24) is 15.1 Å². The third kappa shape index (κ3) is 5.38. The molecule has 1 aliphatic heterocycles. The van der Waals surface area contributed by atoms with Crippen LogP contribution in [0.15, 0.2) is 0 Å². The number of nitrogens with zero attached hydrogens (tertiary/aromatic N) is 2. The molecule has 20 heavy (non-hydrogen) atoms. The molecule has 1 saturated heterocycles. The van der Waals surface area contributed by atoms with Gasteiger partial charge in [0, 0.05) is 44.3 Å². The van der Waals surface area contributed by atoms with Gasteiger partial charge in [0.1, 0.15) is 6.04 Å². The number of carbonyl (C=O) groups is 1. The molecule has 0 aromatic rings. The van der Waals surface area contributed by atoms with Crippen molar-refractivity contribution < 1.29 is 9.53 Å². The number of piperazine rings is 1. The van der Waals surface area contributed by atoms with Gasteiger partial charge in [0.2, 0.25) is 0 Å². The molecule has 1 aliphatic rings. The van der Waals surface area contributed by atoms with E-state index < -0.39 is 0 Å². The monoisotopic (exact) mass is 285 g/mol. The number of nitrogens with one attached hydrogen (secondary N) is 1. The normalized spacial score (nSPS) is 20.1. The highest BCUT2D eigenvalue weighted by Crippen LogP contribution is 2.15. The van der Waals surface area contributed by atoms with Gasteiger partial charge in [0.25, 0.3) is 0 Å². The first-order chi connectivity index (χ1) is 9.24. The summed E-state index contributed by atoms with van der Waals surface area (Å²) in [4.78, 5) is 16.7. The van der Waals surface area contributed by atoms with E-state index in [1.54, 1.807) is 0 Å². The molecule has 1 heterocycles. The summed E-state index contributed by atoms with van der Waals surface area (Å²) < 4.78 is 4.89. The number of hydrogen-bond acceptors (Lipinski definition) is 5. The van der Waals surface area contributed by atoms with Gasteiger partial charge < -0.3 is 10.1 Å². The molecule has 0 saturated carbocycles. The van der Waals surface area contributed by atoms with E-state index in [0.717, 1.165) is 32.7 Å². The Morgan fingerprint density at radius 2 is 1.75 bits per heavy atom. The molecule has 1 unspecified atom stereocenters. The molecular formula is C15H31N3O2. The number of esters is 1. The zero-order valence-corrected chi connectivity index (χ0v) is 13.9. The molecule has 1 atom stereocenters. The predicted molar refractivity (Wildman–Crippen MR) is 81.8 cm³/mol. The minimum Gasteiger partial charge on any atom is -0.468 e. The smallest absolute Gasteiger partial charge is 0.324 e. The molecule has 0 amide bonds. The van der Waals surface area contributed by atoms with Gasteiger partial charge in [-0.2, -0.15) is 0 Å². The molecule has 118 valence electrons. The lowest BCUT2D eigenvalue weighted by Crippen LogP contribution is -2.57. The van der Waals surface area contributed by atoms with Gasteiger partial charge in [-0.3, -0.25) is 14.6 Å². The molecule has 0 aliphatic carbocycles. The molecule has 0 spiro atoms. The van der Waals surface area contributed by atoms with Crippen LogP contribution < -0.4 is 5.32 Å². The Morgan fingerprint density at radius 3 is 2.15 bits per heavy atom. The van der Waals surface area contributed by atoms with Gasteiger partial charge in [-0.15, -0.1) is 0 Å². The van der Waals surface area contributed by atoms with E-state index in [4.69, 9.17) is 4.74 Å². The third-order valence-electron chi connectivity index (χ3n) is 3.78. The predicted octanol–water partition coefficient (Wildman–Crippen LogP) is 0.942. The molecule has 0 radical (unpaired) electrons. The van der Waals surface area contributed by atoms with Crippen LogP contribution in [-0.4, -0.2) is 73.2 Å². The first-order valence-electron chi connectivity index (χ1n) is 7.55. The van der Waals surface area contributed by atoms with E-state index in [-0.39, 0.29) is 23.6 Å². The standard InChI is InChI=1S/C15H31N3O2/c1-12(2)16-13(14(19)20-6)11-17-7-9-18(10-8-17)15(3,4)5/h12-13,16H,7-11H2,1-6H3. The summed E-state index contributed by atoms with van der Waals surface area (Å²) in [5, 5.41) is 3.29. The minimum atomic E-state index is -0.235. The maximum atomic E-state index is 11.8. The number of methoxy groups -OCH3 is 1. The van der Waals surface area contributed by atoms with Crippen LogP contribution in [0.3, 0.4) is 0 Å². The van der Waals surface area contributed by atoms with Gasteiger partial charge >= 0.3 is 5.97 Å². The number of rotatable bonds is 5. The maximum Gasteiger partial charge on any atom is 0.324 e. The van der Waals surface area contributed by atoms with Crippen molar-refractivity contribution >= 4 is 5.97 Å². The van der Waals surface area contributed by atoms with Crippen LogP contribution in [0, 0.1) is 0 Å². The van der Waals surface area contributed by atoms with Crippen molar-refractivity contribution in [3.63, 3.8) is 0 Å². The minimum absolute atomic E-state index is 0.169. The second-order valence-electron chi connectivity index (χ2n) is 6.86. The van der Waals surface area contributed by atoms with Gasteiger partial charge in [0.05, 0.1) is 7.11 Å². The van der Waals surface area contributed by atoms with Gasteiger partial charge in [-0.05, 0) is 20.8 Å². The van der Waals surface area contributed by atoms with Crippen molar-refractivity contribution in [3.8, 4) is 0 Å². The highest BCUT2D eigenvalue weighted by Gasteiger charge is 2.29. The molecule has 0 bridgehead atoms. The Kier molecular flexibility index (Phi) is 6.43.